The summed E-state index contributed by atoms with van der Waals surface area (Å²) in [4.78, 5) is 0. The average Bonchev–Trinajstić information content (AvgIpc) is 2.59. The molecule has 1 aromatic rings. The molecule has 0 amide bonds. The first-order valence-electron chi connectivity index (χ1n) is 5.94. The van der Waals surface area contributed by atoms with Crippen molar-refractivity contribution >= 4 is 10.8 Å². The molecular formula is C13H19NO2S. The molecule has 3 atom stereocenters. The third-order valence-electron chi connectivity index (χ3n) is 3.17. The lowest BCUT2D eigenvalue weighted by atomic mass is 10.1. The zero-order valence-corrected chi connectivity index (χ0v) is 11.1. The molecule has 0 aromatic heterocycles. The number of phenolic OH excluding ortho intramolecular Hbond substituents is 1. The Labute approximate surface area is 105 Å². The van der Waals surface area contributed by atoms with Crippen molar-refractivity contribution in [2.45, 2.75) is 31.8 Å². The van der Waals surface area contributed by atoms with E-state index in [-0.39, 0.29) is 6.04 Å². The molecular weight excluding hydrogens is 234 g/mol. The number of rotatable bonds is 4. The van der Waals surface area contributed by atoms with Crippen LogP contribution >= 0.6 is 0 Å². The summed E-state index contributed by atoms with van der Waals surface area (Å²) < 4.78 is 11.2. The Hall–Kier alpha value is -0.870. The summed E-state index contributed by atoms with van der Waals surface area (Å²) in [5.74, 6) is 1.02. The number of benzene rings is 1. The van der Waals surface area contributed by atoms with E-state index in [0.29, 0.717) is 17.5 Å². The molecule has 1 aliphatic carbocycles. The molecule has 2 rings (SSSR count). The van der Waals surface area contributed by atoms with Crippen molar-refractivity contribution in [3.05, 3.63) is 29.3 Å². The summed E-state index contributed by atoms with van der Waals surface area (Å²) in [5, 5.41) is 12.9. The van der Waals surface area contributed by atoms with Crippen molar-refractivity contribution in [1.82, 2.24) is 5.32 Å². The molecule has 17 heavy (non-hydrogen) atoms. The molecule has 94 valence electrons. The van der Waals surface area contributed by atoms with Gasteiger partial charge in [0, 0.05) is 34.9 Å². The smallest absolute Gasteiger partial charge is 0.115 e. The van der Waals surface area contributed by atoms with Gasteiger partial charge in [-0.05, 0) is 43.0 Å². The van der Waals surface area contributed by atoms with Crippen molar-refractivity contribution in [3.8, 4) is 5.75 Å². The van der Waals surface area contributed by atoms with Crippen LogP contribution < -0.4 is 5.32 Å². The molecule has 0 saturated carbocycles. The third kappa shape index (κ3) is 3.07. The highest BCUT2D eigenvalue weighted by Crippen LogP contribution is 2.33. The molecule has 0 radical (unpaired) electrons. The largest absolute Gasteiger partial charge is 0.508 e. The van der Waals surface area contributed by atoms with Crippen molar-refractivity contribution in [1.29, 1.82) is 0 Å². The van der Waals surface area contributed by atoms with Crippen LogP contribution in [0.25, 0.3) is 0 Å². The standard InChI is InChI=1S/C13H19NO2S/c1-9(8-17(2)16)14-13-6-3-10-7-11(15)4-5-12(10)13/h4-5,7,9,13-15H,3,6,8H2,1-2H3. The molecule has 3 unspecified atom stereocenters. The highest BCUT2D eigenvalue weighted by Gasteiger charge is 2.23. The fourth-order valence-electron chi connectivity index (χ4n) is 2.52. The van der Waals surface area contributed by atoms with E-state index in [2.05, 4.69) is 12.2 Å². The SMILES string of the molecule is CC(CS(C)=O)NC1CCc2cc(O)ccc21. The maximum absolute atomic E-state index is 11.2. The molecule has 0 fully saturated rings. The molecule has 4 heteroatoms. The molecule has 2 N–H and O–H groups in total. The van der Waals surface area contributed by atoms with Gasteiger partial charge in [0.1, 0.15) is 5.75 Å². The Morgan fingerprint density at radius 2 is 2.35 bits per heavy atom. The second kappa shape index (κ2) is 5.19. The van der Waals surface area contributed by atoms with Gasteiger partial charge in [-0.25, -0.2) is 0 Å². The van der Waals surface area contributed by atoms with Gasteiger partial charge in [-0.3, -0.25) is 4.21 Å². The first kappa shape index (κ1) is 12.6. The maximum atomic E-state index is 11.2. The lowest BCUT2D eigenvalue weighted by molar-refractivity contribution is 0.472. The van der Waals surface area contributed by atoms with Crippen LogP contribution in [0.15, 0.2) is 18.2 Å². The lowest BCUT2D eigenvalue weighted by Gasteiger charge is -2.19. The summed E-state index contributed by atoms with van der Waals surface area (Å²) in [6.07, 6.45) is 3.79. The van der Waals surface area contributed by atoms with E-state index < -0.39 is 10.8 Å². The normalized spacial score (nSPS) is 22.1. The van der Waals surface area contributed by atoms with E-state index in [9.17, 15) is 9.32 Å². The third-order valence-corrected chi connectivity index (χ3v) is 4.14. The minimum absolute atomic E-state index is 0.255. The first-order valence-corrected chi connectivity index (χ1v) is 7.67. The predicted octanol–water partition coefficient (Wildman–Crippen LogP) is 1.74. The summed E-state index contributed by atoms with van der Waals surface area (Å²) in [7, 11) is -0.760. The number of hydrogen-bond donors (Lipinski definition) is 2. The van der Waals surface area contributed by atoms with Crippen LogP contribution in [0.4, 0.5) is 0 Å². The maximum Gasteiger partial charge on any atom is 0.115 e. The van der Waals surface area contributed by atoms with Crippen LogP contribution in [0.3, 0.4) is 0 Å². The van der Waals surface area contributed by atoms with Gasteiger partial charge in [-0.2, -0.15) is 0 Å². The monoisotopic (exact) mass is 253 g/mol. The number of fused-ring (bicyclic) bond motifs is 1. The van der Waals surface area contributed by atoms with Crippen molar-refractivity contribution < 1.29 is 9.32 Å². The van der Waals surface area contributed by atoms with Crippen LogP contribution in [0.5, 0.6) is 5.75 Å². The second-order valence-corrected chi connectivity index (χ2v) is 6.26. The van der Waals surface area contributed by atoms with E-state index in [1.54, 1.807) is 12.3 Å². The van der Waals surface area contributed by atoms with Crippen molar-refractivity contribution in [3.63, 3.8) is 0 Å². The van der Waals surface area contributed by atoms with E-state index in [1.165, 1.54) is 11.1 Å². The first-order chi connectivity index (χ1) is 8.06. The fraction of sp³-hybridized carbons (Fsp3) is 0.538. The highest BCUT2D eigenvalue weighted by molar-refractivity contribution is 7.84. The molecule has 0 aliphatic heterocycles. The Balaban J connectivity index is 2.04. The van der Waals surface area contributed by atoms with Gasteiger partial charge in [0.05, 0.1) is 0 Å². The van der Waals surface area contributed by atoms with E-state index in [4.69, 9.17) is 0 Å². The number of nitrogens with one attached hydrogen (secondary N) is 1. The average molecular weight is 253 g/mol. The number of aromatic hydroxyl groups is 1. The Bertz CT molecular complexity index is 433. The quantitative estimate of drug-likeness (QED) is 0.859. The van der Waals surface area contributed by atoms with Crippen LogP contribution in [0, 0.1) is 0 Å². The summed E-state index contributed by atoms with van der Waals surface area (Å²) in [5.41, 5.74) is 2.50. The topological polar surface area (TPSA) is 49.3 Å². The summed E-state index contributed by atoms with van der Waals surface area (Å²) >= 11 is 0. The fourth-order valence-corrected chi connectivity index (χ4v) is 3.32. The lowest BCUT2D eigenvalue weighted by Crippen LogP contribution is -2.33. The Morgan fingerprint density at radius 1 is 1.59 bits per heavy atom. The Morgan fingerprint density at radius 3 is 3.06 bits per heavy atom. The van der Waals surface area contributed by atoms with Gasteiger partial charge in [-0.15, -0.1) is 0 Å². The van der Waals surface area contributed by atoms with Gasteiger partial charge in [-0.1, -0.05) is 6.07 Å². The molecule has 0 heterocycles. The van der Waals surface area contributed by atoms with Crippen LogP contribution in [0.2, 0.25) is 0 Å². The second-order valence-electron chi connectivity index (χ2n) is 4.78. The number of hydrogen-bond acceptors (Lipinski definition) is 3. The van der Waals surface area contributed by atoms with Gasteiger partial charge >= 0.3 is 0 Å². The molecule has 1 aliphatic rings. The van der Waals surface area contributed by atoms with Crippen molar-refractivity contribution in [2.75, 3.05) is 12.0 Å². The molecule has 3 nitrogen and oxygen atoms in total. The van der Waals surface area contributed by atoms with Crippen LogP contribution in [0.1, 0.15) is 30.5 Å². The minimum atomic E-state index is -0.760. The summed E-state index contributed by atoms with van der Waals surface area (Å²) in [6, 6.07) is 6.17. The van der Waals surface area contributed by atoms with E-state index in [0.717, 1.165) is 12.8 Å². The van der Waals surface area contributed by atoms with Crippen LogP contribution in [-0.2, 0) is 17.2 Å². The molecule has 0 saturated heterocycles. The van der Waals surface area contributed by atoms with Crippen molar-refractivity contribution in [2.24, 2.45) is 0 Å². The molecule has 0 bridgehead atoms. The summed E-state index contributed by atoms with van der Waals surface area (Å²) in [6.45, 7) is 2.07. The van der Waals surface area contributed by atoms with E-state index in [1.807, 2.05) is 12.1 Å². The predicted molar refractivity (Wildman–Crippen MR) is 70.7 cm³/mol. The Kier molecular flexibility index (Phi) is 3.84. The molecule has 0 spiro atoms. The van der Waals surface area contributed by atoms with E-state index >= 15 is 0 Å². The number of phenols is 1. The zero-order chi connectivity index (χ0) is 12.4. The molecule has 1 aromatic carbocycles. The zero-order valence-electron chi connectivity index (χ0n) is 10.3. The van der Waals surface area contributed by atoms with Gasteiger partial charge in [0.25, 0.3) is 0 Å². The number of aryl methyl sites for hydroxylation is 1. The highest BCUT2D eigenvalue weighted by atomic mass is 32.2. The van der Waals surface area contributed by atoms with Crippen LogP contribution in [-0.4, -0.2) is 27.4 Å². The van der Waals surface area contributed by atoms with Gasteiger partial charge in [0.2, 0.25) is 0 Å². The minimum Gasteiger partial charge on any atom is -0.508 e. The van der Waals surface area contributed by atoms with Gasteiger partial charge < -0.3 is 10.4 Å². The van der Waals surface area contributed by atoms with Gasteiger partial charge in [0.15, 0.2) is 0 Å².